The number of likely N-dealkylation sites (N-methyl/N-ethyl adjacent to an activating group) is 1. The smallest absolute Gasteiger partial charge is 0.289 e. The molecule has 2 amide bonds. The Morgan fingerprint density at radius 2 is 1.66 bits per heavy atom. The van der Waals surface area contributed by atoms with E-state index in [0.29, 0.717) is 50.6 Å². The van der Waals surface area contributed by atoms with Crippen molar-refractivity contribution in [3.8, 4) is 5.75 Å². The highest BCUT2D eigenvalue weighted by Gasteiger charge is 2.26. The predicted octanol–water partition coefficient (Wildman–Crippen LogP) is 4.01. The minimum atomic E-state index is -0.0989. The van der Waals surface area contributed by atoms with Gasteiger partial charge in [0, 0.05) is 45.2 Å². The van der Waals surface area contributed by atoms with Gasteiger partial charge in [0.05, 0.1) is 13.7 Å². The molecule has 35 heavy (non-hydrogen) atoms. The summed E-state index contributed by atoms with van der Waals surface area (Å²) in [5.74, 6) is 1.16. The van der Waals surface area contributed by atoms with Crippen molar-refractivity contribution < 1.29 is 18.7 Å². The lowest BCUT2D eigenvalue weighted by Gasteiger charge is -2.34. The molecule has 0 radical (unpaired) electrons. The zero-order valence-electron chi connectivity index (χ0n) is 20.1. The molecule has 4 aromatic rings. The van der Waals surface area contributed by atoms with Crippen molar-refractivity contribution in [1.29, 1.82) is 0 Å². The normalized spacial score (nSPS) is 14.4. The Hall–Kier alpha value is -3.84. The van der Waals surface area contributed by atoms with E-state index in [9.17, 15) is 9.59 Å². The van der Waals surface area contributed by atoms with Crippen LogP contribution in [0.3, 0.4) is 0 Å². The minimum Gasteiger partial charge on any atom is -0.497 e. The summed E-state index contributed by atoms with van der Waals surface area (Å²) < 4.78 is 11.0. The van der Waals surface area contributed by atoms with Gasteiger partial charge in [0.1, 0.15) is 11.3 Å². The topological polar surface area (TPSA) is 66.2 Å². The highest BCUT2D eigenvalue weighted by atomic mass is 16.5. The van der Waals surface area contributed by atoms with Gasteiger partial charge in [0.25, 0.3) is 5.91 Å². The molecule has 1 aromatic heterocycles. The third-order valence-corrected chi connectivity index (χ3v) is 6.61. The fourth-order valence-electron chi connectivity index (χ4n) is 4.52. The lowest BCUT2D eigenvalue weighted by Crippen LogP contribution is -2.51. The number of benzene rings is 3. The van der Waals surface area contributed by atoms with Crippen LogP contribution in [0.25, 0.3) is 21.7 Å². The molecule has 1 saturated heterocycles. The Labute approximate surface area is 204 Å². The molecule has 5 rings (SSSR count). The van der Waals surface area contributed by atoms with E-state index in [-0.39, 0.29) is 11.8 Å². The van der Waals surface area contributed by atoms with Crippen molar-refractivity contribution in [1.82, 2.24) is 14.7 Å². The third kappa shape index (κ3) is 5.00. The number of furan rings is 1. The lowest BCUT2D eigenvalue weighted by atomic mass is 10.1. The van der Waals surface area contributed by atoms with Gasteiger partial charge in [0.15, 0.2) is 5.76 Å². The molecule has 1 aliphatic rings. The van der Waals surface area contributed by atoms with E-state index in [1.807, 2.05) is 55.6 Å². The Morgan fingerprint density at radius 1 is 0.914 bits per heavy atom. The number of amides is 2. The van der Waals surface area contributed by atoms with Crippen LogP contribution in [0.2, 0.25) is 0 Å². The zero-order chi connectivity index (χ0) is 24.4. The first-order valence-corrected chi connectivity index (χ1v) is 11.8. The number of ether oxygens (including phenoxy) is 1. The second-order valence-corrected chi connectivity index (χ2v) is 9.01. The molecule has 1 fully saturated rings. The second kappa shape index (κ2) is 9.80. The number of hydrogen-bond acceptors (Lipinski definition) is 5. The van der Waals surface area contributed by atoms with Crippen molar-refractivity contribution in [2.45, 2.75) is 6.54 Å². The number of fused-ring (bicyclic) bond motifs is 2. The average molecular weight is 472 g/mol. The SMILES string of the molecule is COc1ccc2cc(CN(C)C(=O)CN3CCN(C(=O)c4cc5ccccc5o4)CC3)ccc2c1. The highest BCUT2D eigenvalue weighted by Crippen LogP contribution is 2.23. The molecule has 0 bridgehead atoms. The van der Waals surface area contributed by atoms with E-state index in [2.05, 4.69) is 17.0 Å². The molecule has 7 nitrogen and oxygen atoms in total. The van der Waals surface area contributed by atoms with Gasteiger partial charge in [-0.2, -0.15) is 0 Å². The molecule has 3 aromatic carbocycles. The van der Waals surface area contributed by atoms with Crippen LogP contribution in [0, 0.1) is 0 Å². The standard InChI is InChI=1S/C28H29N3O4/c1-29(18-20-7-8-22-16-24(34-2)10-9-21(22)15-20)27(32)19-30-11-13-31(14-12-30)28(33)26-17-23-5-3-4-6-25(23)35-26/h3-10,15-17H,11-14,18-19H2,1-2H3. The van der Waals surface area contributed by atoms with Gasteiger partial charge in [-0.3, -0.25) is 14.5 Å². The second-order valence-electron chi connectivity index (χ2n) is 9.01. The molecule has 0 spiro atoms. The number of piperazine rings is 1. The summed E-state index contributed by atoms with van der Waals surface area (Å²) in [6.45, 7) is 3.34. The number of hydrogen-bond donors (Lipinski definition) is 0. The number of para-hydroxylation sites is 1. The number of carbonyl (C=O) groups excluding carboxylic acids is 2. The monoisotopic (exact) mass is 471 g/mol. The molecule has 0 unspecified atom stereocenters. The molecule has 180 valence electrons. The molecule has 0 aliphatic carbocycles. The average Bonchev–Trinajstić information content (AvgIpc) is 3.33. The molecule has 0 saturated carbocycles. The van der Waals surface area contributed by atoms with E-state index >= 15 is 0 Å². The fraction of sp³-hybridized carbons (Fsp3) is 0.286. The molecular formula is C28H29N3O4. The molecular weight excluding hydrogens is 442 g/mol. The Kier molecular flexibility index (Phi) is 6.42. The van der Waals surface area contributed by atoms with E-state index in [1.165, 1.54) is 0 Å². The summed E-state index contributed by atoms with van der Waals surface area (Å²) in [6, 6.07) is 21.6. The van der Waals surface area contributed by atoms with Crippen LogP contribution in [0.15, 0.2) is 71.1 Å². The fourth-order valence-corrected chi connectivity index (χ4v) is 4.52. The van der Waals surface area contributed by atoms with Crippen LogP contribution in [-0.4, -0.2) is 73.4 Å². The minimum absolute atomic E-state index is 0.0666. The van der Waals surface area contributed by atoms with Gasteiger partial charge >= 0.3 is 0 Å². The zero-order valence-corrected chi connectivity index (χ0v) is 20.1. The Bertz CT molecular complexity index is 1340. The maximum atomic E-state index is 12.9. The summed E-state index contributed by atoms with van der Waals surface area (Å²) in [4.78, 5) is 31.4. The van der Waals surface area contributed by atoms with Crippen LogP contribution < -0.4 is 4.74 Å². The highest BCUT2D eigenvalue weighted by molar-refractivity contribution is 5.96. The maximum Gasteiger partial charge on any atom is 0.289 e. The van der Waals surface area contributed by atoms with E-state index in [0.717, 1.165) is 27.5 Å². The van der Waals surface area contributed by atoms with E-state index in [4.69, 9.17) is 9.15 Å². The van der Waals surface area contributed by atoms with Gasteiger partial charge in [-0.25, -0.2) is 0 Å². The number of methoxy groups -OCH3 is 1. The van der Waals surface area contributed by atoms with Gasteiger partial charge in [-0.05, 0) is 46.7 Å². The van der Waals surface area contributed by atoms with Crippen molar-refractivity contribution in [3.05, 3.63) is 78.1 Å². The van der Waals surface area contributed by atoms with Crippen molar-refractivity contribution >= 4 is 33.6 Å². The third-order valence-electron chi connectivity index (χ3n) is 6.61. The van der Waals surface area contributed by atoms with E-state index in [1.54, 1.807) is 23.0 Å². The molecule has 0 atom stereocenters. The molecule has 2 heterocycles. The summed E-state index contributed by atoms with van der Waals surface area (Å²) in [5.41, 5.74) is 1.80. The van der Waals surface area contributed by atoms with Crippen molar-refractivity contribution in [2.24, 2.45) is 0 Å². The van der Waals surface area contributed by atoms with Crippen LogP contribution in [-0.2, 0) is 11.3 Å². The number of nitrogens with zero attached hydrogens (tertiary/aromatic N) is 3. The van der Waals surface area contributed by atoms with Gasteiger partial charge in [-0.1, -0.05) is 36.4 Å². The van der Waals surface area contributed by atoms with Crippen molar-refractivity contribution in [2.75, 3.05) is 46.9 Å². The van der Waals surface area contributed by atoms with Crippen LogP contribution in [0.4, 0.5) is 0 Å². The summed E-state index contributed by atoms with van der Waals surface area (Å²) in [7, 11) is 3.50. The lowest BCUT2D eigenvalue weighted by molar-refractivity contribution is -0.132. The van der Waals surface area contributed by atoms with E-state index < -0.39 is 0 Å². The largest absolute Gasteiger partial charge is 0.497 e. The summed E-state index contributed by atoms with van der Waals surface area (Å²) >= 11 is 0. The maximum absolute atomic E-state index is 12.9. The van der Waals surface area contributed by atoms with Crippen LogP contribution in [0.5, 0.6) is 5.75 Å². The Morgan fingerprint density at radius 3 is 2.43 bits per heavy atom. The summed E-state index contributed by atoms with van der Waals surface area (Å²) in [5, 5.41) is 3.15. The first-order chi connectivity index (χ1) is 17.0. The first-order valence-electron chi connectivity index (χ1n) is 11.8. The van der Waals surface area contributed by atoms with Crippen LogP contribution >= 0.6 is 0 Å². The Balaban J connectivity index is 1.13. The molecule has 1 aliphatic heterocycles. The van der Waals surface area contributed by atoms with Gasteiger partial charge in [0.2, 0.25) is 5.91 Å². The predicted molar refractivity (Wildman–Crippen MR) is 136 cm³/mol. The van der Waals surface area contributed by atoms with Gasteiger partial charge in [-0.15, -0.1) is 0 Å². The number of carbonyl (C=O) groups is 2. The molecule has 7 heteroatoms. The quantitative estimate of drug-likeness (QED) is 0.425. The molecule has 0 N–H and O–H groups in total. The van der Waals surface area contributed by atoms with Gasteiger partial charge < -0.3 is 19.0 Å². The van der Waals surface area contributed by atoms with Crippen LogP contribution in [0.1, 0.15) is 16.1 Å². The first kappa shape index (κ1) is 22.9. The van der Waals surface area contributed by atoms with Crippen molar-refractivity contribution in [3.63, 3.8) is 0 Å². The number of rotatable bonds is 6. The summed E-state index contributed by atoms with van der Waals surface area (Å²) in [6.07, 6.45) is 0.